The number of imidazole rings is 1. The largest absolute Gasteiger partial charge is 0.484 e. The average molecular weight is 360 g/mol. The first-order valence-electron chi connectivity index (χ1n) is 6.31. The van der Waals surface area contributed by atoms with Gasteiger partial charge in [0.05, 0.1) is 15.7 Å². The Morgan fingerprint density at radius 3 is 2.52 bits per heavy atom. The Bertz CT molecular complexity index is 803. The Labute approximate surface area is 139 Å². The molecule has 0 spiro atoms. The first-order chi connectivity index (χ1) is 11.0. The first-order valence-corrected chi connectivity index (χ1v) is 7.07. The predicted octanol–water partition coefficient (Wildman–Crippen LogP) is 3.30. The van der Waals surface area contributed by atoms with Crippen LogP contribution in [0, 0.1) is 0 Å². The van der Waals surface area contributed by atoms with Crippen molar-refractivity contribution in [1.29, 1.82) is 0 Å². The van der Waals surface area contributed by atoms with Crippen molar-refractivity contribution in [1.82, 2.24) is 19.5 Å². The van der Waals surface area contributed by atoms with E-state index < -0.39 is 13.0 Å². The molecule has 2 N–H and O–H groups in total. The van der Waals surface area contributed by atoms with E-state index in [1.54, 1.807) is 4.57 Å². The van der Waals surface area contributed by atoms with Crippen LogP contribution in [0.25, 0.3) is 17.2 Å². The second kappa shape index (κ2) is 6.13. The number of aromatic nitrogens is 4. The maximum atomic E-state index is 12.3. The van der Waals surface area contributed by atoms with E-state index in [2.05, 4.69) is 15.0 Å². The van der Waals surface area contributed by atoms with Gasteiger partial charge < -0.3 is 10.5 Å². The number of alkyl halides is 2. The zero-order chi connectivity index (χ0) is 16.6. The Morgan fingerprint density at radius 1 is 1.17 bits per heavy atom. The molecule has 23 heavy (non-hydrogen) atoms. The van der Waals surface area contributed by atoms with Gasteiger partial charge in [0, 0.05) is 0 Å². The van der Waals surface area contributed by atoms with E-state index >= 15 is 0 Å². The molecule has 0 bridgehead atoms. The standard InChI is InChI=1S/C13H9Cl2F2N5O/c14-7-1-6(2-8(15)11(7)23-3-9(16)17)22-5-21-12(18)10-13(22)20-4-19-10/h1-2,4-5,9H,3,18H2. The molecule has 2 heterocycles. The average Bonchev–Trinajstić information content (AvgIpc) is 2.96. The smallest absolute Gasteiger partial charge is 0.272 e. The SMILES string of the molecule is Nc1ncn(-c2cc(Cl)c(OCC(F)F)c(Cl)c2)c2ncnc1-2. The number of nitrogen functional groups attached to an aromatic ring is 1. The molecule has 0 aliphatic carbocycles. The third-order valence-corrected chi connectivity index (χ3v) is 3.54. The van der Waals surface area contributed by atoms with Gasteiger partial charge in [-0.05, 0) is 12.1 Å². The number of hydrogen-bond acceptors (Lipinski definition) is 5. The Morgan fingerprint density at radius 2 is 1.87 bits per heavy atom. The fourth-order valence-electron chi connectivity index (χ4n) is 2.01. The van der Waals surface area contributed by atoms with Gasteiger partial charge in [0.15, 0.2) is 23.1 Å². The Hall–Kier alpha value is -2.19. The summed E-state index contributed by atoms with van der Waals surface area (Å²) < 4.78 is 31.0. The van der Waals surface area contributed by atoms with Crippen LogP contribution in [0.5, 0.6) is 5.75 Å². The van der Waals surface area contributed by atoms with Crippen LogP contribution in [-0.2, 0) is 0 Å². The molecule has 6 nitrogen and oxygen atoms in total. The number of halogens is 4. The van der Waals surface area contributed by atoms with Crippen molar-refractivity contribution >= 4 is 29.0 Å². The number of ether oxygens (including phenoxy) is 1. The molecule has 120 valence electrons. The van der Waals surface area contributed by atoms with Crippen LogP contribution >= 0.6 is 23.2 Å². The lowest BCUT2D eigenvalue weighted by atomic mass is 10.2. The number of rotatable bonds is 4. The maximum absolute atomic E-state index is 12.3. The summed E-state index contributed by atoms with van der Waals surface area (Å²) in [7, 11) is 0. The number of fused-ring (bicyclic) bond motifs is 1. The highest BCUT2D eigenvalue weighted by molar-refractivity contribution is 6.37. The van der Waals surface area contributed by atoms with E-state index in [0.29, 0.717) is 17.2 Å². The second-order valence-electron chi connectivity index (χ2n) is 4.49. The summed E-state index contributed by atoms with van der Waals surface area (Å²) in [6.07, 6.45) is 0.160. The highest BCUT2D eigenvalue weighted by atomic mass is 35.5. The van der Waals surface area contributed by atoms with E-state index in [1.165, 1.54) is 24.8 Å². The molecule has 0 saturated heterocycles. The van der Waals surface area contributed by atoms with Gasteiger partial charge in [0.2, 0.25) is 0 Å². The van der Waals surface area contributed by atoms with Gasteiger partial charge in [0.1, 0.15) is 19.3 Å². The van der Waals surface area contributed by atoms with Gasteiger partial charge in [-0.25, -0.2) is 23.7 Å². The molecule has 10 heteroatoms. The molecule has 0 amide bonds. The lowest BCUT2D eigenvalue weighted by molar-refractivity contribution is 0.0820. The molecule has 0 unspecified atom stereocenters. The summed E-state index contributed by atoms with van der Waals surface area (Å²) in [6, 6.07) is 3.00. The summed E-state index contributed by atoms with van der Waals surface area (Å²) in [5, 5.41) is 0.176. The minimum absolute atomic E-state index is 0.00813. The van der Waals surface area contributed by atoms with Crippen molar-refractivity contribution in [3.63, 3.8) is 0 Å². The highest BCUT2D eigenvalue weighted by Crippen LogP contribution is 2.36. The van der Waals surface area contributed by atoms with Gasteiger partial charge in [-0.1, -0.05) is 23.2 Å². The molecule has 0 atom stereocenters. The summed E-state index contributed by atoms with van der Waals surface area (Å²) >= 11 is 12.2. The zero-order valence-corrected chi connectivity index (χ0v) is 12.9. The molecule has 2 aliphatic heterocycles. The lowest BCUT2D eigenvalue weighted by Gasteiger charge is -2.15. The second-order valence-corrected chi connectivity index (χ2v) is 5.30. The molecule has 0 radical (unpaired) electrons. The Kier molecular flexibility index (Phi) is 4.18. The monoisotopic (exact) mass is 359 g/mol. The van der Waals surface area contributed by atoms with Crippen molar-refractivity contribution in [2.45, 2.75) is 6.43 Å². The van der Waals surface area contributed by atoms with Crippen LogP contribution in [0.3, 0.4) is 0 Å². The van der Waals surface area contributed by atoms with E-state index in [4.69, 9.17) is 33.7 Å². The normalized spacial score (nSPS) is 11.3. The van der Waals surface area contributed by atoms with Crippen molar-refractivity contribution in [2.75, 3.05) is 12.3 Å². The van der Waals surface area contributed by atoms with Crippen molar-refractivity contribution in [2.24, 2.45) is 0 Å². The molecule has 0 fully saturated rings. The van der Waals surface area contributed by atoms with Gasteiger partial charge >= 0.3 is 0 Å². The van der Waals surface area contributed by atoms with Gasteiger partial charge in [-0.15, -0.1) is 0 Å². The number of anilines is 1. The van der Waals surface area contributed by atoms with Crippen LogP contribution < -0.4 is 10.5 Å². The fourth-order valence-corrected chi connectivity index (χ4v) is 2.60. The van der Waals surface area contributed by atoms with Gasteiger partial charge in [0.25, 0.3) is 6.43 Å². The molecular weight excluding hydrogens is 351 g/mol. The van der Waals surface area contributed by atoms with Crippen LogP contribution in [0.15, 0.2) is 24.8 Å². The fraction of sp³-hybridized carbons (Fsp3) is 0.154. The number of benzene rings is 1. The minimum Gasteiger partial charge on any atom is -0.484 e. The summed E-state index contributed by atoms with van der Waals surface area (Å²) in [5.41, 5.74) is 6.67. The quantitative estimate of drug-likeness (QED) is 0.772. The maximum Gasteiger partial charge on any atom is 0.272 e. The summed E-state index contributed by atoms with van der Waals surface area (Å²) in [5.74, 6) is 0.694. The van der Waals surface area contributed by atoms with Crippen LogP contribution in [0.2, 0.25) is 10.0 Å². The topological polar surface area (TPSA) is 78.8 Å². The molecule has 0 saturated carbocycles. The first kappa shape index (κ1) is 15.7. The van der Waals surface area contributed by atoms with Gasteiger partial charge in [-0.3, -0.25) is 4.57 Å². The molecule has 1 aromatic rings. The van der Waals surface area contributed by atoms with Crippen molar-refractivity contribution in [3.05, 3.63) is 34.8 Å². The van der Waals surface area contributed by atoms with E-state index in [9.17, 15) is 8.78 Å². The molecular formula is C13H9Cl2F2N5O. The number of hydrogen-bond donors (Lipinski definition) is 1. The third-order valence-electron chi connectivity index (χ3n) is 2.98. The zero-order valence-electron chi connectivity index (χ0n) is 11.4. The minimum atomic E-state index is -2.63. The van der Waals surface area contributed by atoms with Crippen LogP contribution in [0.4, 0.5) is 14.6 Å². The summed E-state index contributed by atoms with van der Waals surface area (Å²) in [6.45, 7) is -0.798. The van der Waals surface area contributed by atoms with Crippen LogP contribution in [-0.4, -0.2) is 32.6 Å². The van der Waals surface area contributed by atoms with E-state index in [-0.39, 0.29) is 21.6 Å². The molecule has 2 aliphatic rings. The van der Waals surface area contributed by atoms with Gasteiger partial charge in [-0.2, -0.15) is 0 Å². The van der Waals surface area contributed by atoms with E-state index in [1.807, 2.05) is 0 Å². The molecule has 0 aromatic heterocycles. The van der Waals surface area contributed by atoms with Crippen molar-refractivity contribution in [3.8, 4) is 23.0 Å². The number of nitrogens with two attached hydrogens (primary N) is 1. The predicted molar refractivity (Wildman–Crippen MR) is 81.7 cm³/mol. The van der Waals surface area contributed by atoms with Crippen molar-refractivity contribution < 1.29 is 13.5 Å². The highest BCUT2D eigenvalue weighted by Gasteiger charge is 2.18. The van der Waals surface area contributed by atoms with Crippen LogP contribution in [0.1, 0.15) is 0 Å². The molecule has 1 aromatic carbocycles. The van der Waals surface area contributed by atoms with E-state index in [0.717, 1.165) is 0 Å². The number of nitrogens with zero attached hydrogens (tertiary/aromatic N) is 4. The Balaban J connectivity index is 2.04. The summed E-state index contributed by atoms with van der Waals surface area (Å²) in [4.78, 5) is 12.2. The lowest BCUT2D eigenvalue weighted by Crippen LogP contribution is -2.09. The third kappa shape index (κ3) is 2.99. The molecule has 3 rings (SSSR count).